The van der Waals surface area contributed by atoms with Crippen molar-refractivity contribution in [1.82, 2.24) is 4.57 Å². The van der Waals surface area contributed by atoms with Gasteiger partial charge in [-0.25, -0.2) is 4.79 Å². The van der Waals surface area contributed by atoms with Crippen LogP contribution in [0.1, 0.15) is 33.4 Å². The molecule has 0 bridgehead atoms. The summed E-state index contributed by atoms with van der Waals surface area (Å²) in [5.74, 6) is 0.569. The van der Waals surface area contributed by atoms with Gasteiger partial charge in [0.25, 0.3) is 0 Å². The predicted molar refractivity (Wildman–Crippen MR) is 140 cm³/mol. The lowest BCUT2D eigenvalue weighted by molar-refractivity contribution is 0.0703. The molecule has 37 heavy (non-hydrogen) atoms. The van der Waals surface area contributed by atoms with Crippen molar-refractivity contribution in [2.24, 2.45) is 0 Å². The van der Waals surface area contributed by atoms with Crippen LogP contribution in [0.25, 0.3) is 27.9 Å². The number of hydrogen-bond acceptors (Lipinski definition) is 6. The summed E-state index contributed by atoms with van der Waals surface area (Å²) in [5.41, 5.74) is 2.78. The van der Waals surface area contributed by atoms with Crippen molar-refractivity contribution in [3.63, 3.8) is 0 Å². The van der Waals surface area contributed by atoms with E-state index in [2.05, 4.69) is 11.5 Å². The number of aromatic nitrogens is 1. The van der Waals surface area contributed by atoms with Gasteiger partial charge in [-0.2, -0.15) is 0 Å². The number of methoxy groups -OCH3 is 1. The molecule has 184 valence electrons. The van der Waals surface area contributed by atoms with Crippen LogP contribution in [0.3, 0.4) is 0 Å². The van der Waals surface area contributed by atoms with Crippen molar-refractivity contribution >= 4 is 51.3 Å². The molecule has 1 aliphatic rings. The number of aryl methyl sites for hydroxylation is 1. The van der Waals surface area contributed by atoms with Crippen LogP contribution in [0.15, 0.2) is 77.0 Å². The van der Waals surface area contributed by atoms with Gasteiger partial charge in [-0.1, -0.05) is 11.6 Å². The summed E-state index contributed by atoms with van der Waals surface area (Å²) in [4.78, 5) is 25.7. The highest BCUT2D eigenvalue weighted by Crippen LogP contribution is 2.36. The summed E-state index contributed by atoms with van der Waals surface area (Å²) < 4.78 is 24.4. The molecule has 0 N–H and O–H groups in total. The number of allylic oxidation sites excluding steroid dienone is 1. The minimum absolute atomic E-state index is 0.0399. The van der Waals surface area contributed by atoms with Gasteiger partial charge in [0.05, 0.1) is 12.7 Å². The highest BCUT2D eigenvalue weighted by molar-refractivity contribution is 6.31. The normalized spacial score (nSPS) is 13.8. The van der Waals surface area contributed by atoms with Crippen LogP contribution in [-0.4, -0.2) is 23.4 Å². The third-order valence-electron chi connectivity index (χ3n) is 6.28. The zero-order valence-corrected chi connectivity index (χ0v) is 20.7. The number of benzene rings is 3. The Morgan fingerprint density at radius 3 is 2.70 bits per heavy atom. The first-order valence-corrected chi connectivity index (χ1v) is 12.0. The van der Waals surface area contributed by atoms with Crippen molar-refractivity contribution in [3.8, 4) is 17.2 Å². The largest absolute Gasteiger partial charge is 0.497 e. The van der Waals surface area contributed by atoms with Crippen LogP contribution in [-0.2, 0) is 6.54 Å². The lowest BCUT2D eigenvalue weighted by atomic mass is 10.1. The van der Waals surface area contributed by atoms with E-state index in [1.54, 1.807) is 49.6 Å². The summed E-state index contributed by atoms with van der Waals surface area (Å²) >= 11 is 6.01. The van der Waals surface area contributed by atoms with Gasteiger partial charge < -0.3 is 23.2 Å². The molecule has 0 saturated carbocycles. The number of carbonyl (C=O) groups excluding carboxylic acids is 2. The van der Waals surface area contributed by atoms with Crippen LogP contribution in [0.2, 0.25) is 5.02 Å². The lowest BCUT2D eigenvalue weighted by Gasteiger charge is -2.04. The van der Waals surface area contributed by atoms with Crippen LogP contribution >= 0.6 is 11.6 Å². The van der Waals surface area contributed by atoms with Crippen molar-refractivity contribution in [1.29, 1.82) is 0 Å². The van der Waals surface area contributed by atoms with Crippen LogP contribution in [0, 0.1) is 0 Å². The molecule has 0 saturated heterocycles. The Labute approximate surface area is 216 Å². The molecule has 0 atom stereocenters. The number of esters is 1. The van der Waals surface area contributed by atoms with Crippen molar-refractivity contribution < 1.29 is 28.2 Å². The maximum absolute atomic E-state index is 13.1. The number of rotatable bonds is 5. The Hall–Kier alpha value is -4.49. The number of carbonyl (C=O) groups is 2. The second-order valence-electron chi connectivity index (χ2n) is 8.53. The summed E-state index contributed by atoms with van der Waals surface area (Å²) in [6.07, 6.45) is 3.70. The lowest BCUT2D eigenvalue weighted by Crippen LogP contribution is -2.07. The molecule has 3 aromatic carbocycles. The number of furan rings is 1. The molecule has 7 nitrogen and oxygen atoms in total. The molecule has 0 radical (unpaired) electrons. The number of fused-ring (bicyclic) bond motifs is 3. The smallest absolute Gasteiger partial charge is 0.379 e. The average Bonchev–Trinajstić information content (AvgIpc) is 3.57. The zero-order chi connectivity index (χ0) is 25.7. The third kappa shape index (κ3) is 4.03. The van der Waals surface area contributed by atoms with Gasteiger partial charge in [0.2, 0.25) is 11.5 Å². The quantitative estimate of drug-likeness (QED) is 0.144. The molecule has 0 aliphatic carbocycles. The van der Waals surface area contributed by atoms with Gasteiger partial charge in [0, 0.05) is 45.7 Å². The SMILES string of the molecule is CCn1cc(/C=C2\Oc3cc(OC(=O)c4cc5cc(Cl)ccc5o4)ccc3C2=O)c2cc(OC)ccc21. The standard InChI is InChI=1S/C29H20ClNO6/c1-3-31-15-17(22-13-19(34-2)6-8-23(22)31)12-26-28(32)21-7-5-20(14-25(21)37-26)35-29(33)27-11-16-10-18(30)4-9-24(16)36-27/h4-15H,3H2,1-2H3/b26-12-. The molecule has 0 fully saturated rings. The molecule has 2 aromatic heterocycles. The van der Waals surface area contributed by atoms with E-state index in [0.717, 1.165) is 28.8 Å². The fraction of sp³-hybridized carbons (Fsp3) is 0.103. The number of Topliss-reactive ketones (excluding diaryl/α,β-unsaturated/α-hetero) is 1. The Morgan fingerprint density at radius 2 is 1.89 bits per heavy atom. The molecule has 1 aliphatic heterocycles. The minimum atomic E-state index is -0.673. The number of halogens is 1. The number of ether oxygens (including phenoxy) is 3. The van der Waals surface area contributed by atoms with E-state index in [-0.39, 0.29) is 23.1 Å². The Kier molecular flexibility index (Phi) is 5.50. The van der Waals surface area contributed by atoms with Gasteiger partial charge >= 0.3 is 5.97 Å². The minimum Gasteiger partial charge on any atom is -0.497 e. The monoisotopic (exact) mass is 513 g/mol. The molecule has 0 spiro atoms. The summed E-state index contributed by atoms with van der Waals surface area (Å²) in [7, 11) is 1.62. The molecule has 6 rings (SSSR count). The van der Waals surface area contributed by atoms with Crippen molar-refractivity contribution in [2.75, 3.05) is 7.11 Å². The van der Waals surface area contributed by atoms with Crippen molar-refractivity contribution in [3.05, 3.63) is 94.5 Å². The maximum atomic E-state index is 13.1. The second-order valence-corrected chi connectivity index (χ2v) is 8.97. The van der Waals surface area contributed by atoms with Gasteiger partial charge in [0.1, 0.15) is 22.8 Å². The van der Waals surface area contributed by atoms with Gasteiger partial charge in [-0.15, -0.1) is 0 Å². The van der Waals surface area contributed by atoms with E-state index >= 15 is 0 Å². The maximum Gasteiger partial charge on any atom is 0.379 e. The fourth-order valence-corrected chi connectivity index (χ4v) is 4.63. The van der Waals surface area contributed by atoms with Crippen LogP contribution < -0.4 is 14.2 Å². The van der Waals surface area contributed by atoms with E-state index in [0.29, 0.717) is 27.3 Å². The molecule has 8 heteroatoms. The van der Waals surface area contributed by atoms with E-state index in [1.807, 2.05) is 24.4 Å². The summed E-state index contributed by atoms with van der Waals surface area (Å²) in [6.45, 7) is 2.82. The van der Waals surface area contributed by atoms with Gasteiger partial charge in [-0.05, 0) is 67.6 Å². The molecule has 3 heterocycles. The van der Waals surface area contributed by atoms with Crippen molar-refractivity contribution in [2.45, 2.75) is 13.5 Å². The average molecular weight is 514 g/mol. The third-order valence-corrected chi connectivity index (χ3v) is 6.51. The zero-order valence-electron chi connectivity index (χ0n) is 19.9. The highest BCUT2D eigenvalue weighted by Gasteiger charge is 2.29. The summed E-state index contributed by atoms with van der Waals surface area (Å²) in [5, 5.41) is 2.18. The topological polar surface area (TPSA) is 79.9 Å². The van der Waals surface area contributed by atoms with Crippen LogP contribution in [0.5, 0.6) is 17.2 Å². The van der Waals surface area contributed by atoms with E-state index in [1.165, 1.54) is 6.07 Å². The summed E-state index contributed by atoms with van der Waals surface area (Å²) in [6, 6.07) is 17.1. The Bertz CT molecular complexity index is 1760. The second kappa shape index (κ2) is 8.87. The van der Waals surface area contributed by atoms with E-state index in [4.69, 9.17) is 30.2 Å². The highest BCUT2D eigenvalue weighted by atomic mass is 35.5. The molecular weight excluding hydrogens is 494 g/mol. The number of nitrogens with zero attached hydrogens (tertiary/aromatic N) is 1. The van der Waals surface area contributed by atoms with Gasteiger partial charge in [0.15, 0.2) is 5.76 Å². The van der Waals surface area contributed by atoms with E-state index < -0.39 is 5.97 Å². The number of ketones is 1. The first kappa shape index (κ1) is 22.9. The fourth-order valence-electron chi connectivity index (χ4n) is 4.45. The van der Waals surface area contributed by atoms with Gasteiger partial charge in [-0.3, -0.25) is 4.79 Å². The Balaban J connectivity index is 1.27. The number of hydrogen-bond donors (Lipinski definition) is 0. The predicted octanol–water partition coefficient (Wildman–Crippen LogP) is 6.90. The molecule has 0 amide bonds. The Morgan fingerprint density at radius 1 is 1.05 bits per heavy atom. The van der Waals surface area contributed by atoms with Crippen LogP contribution in [0.4, 0.5) is 0 Å². The van der Waals surface area contributed by atoms with E-state index in [9.17, 15) is 9.59 Å². The first-order chi connectivity index (χ1) is 17.9. The molecule has 5 aromatic rings. The first-order valence-electron chi connectivity index (χ1n) is 11.6. The molecule has 0 unspecified atom stereocenters. The molecular formula is C29H20ClNO6.